The zero-order valence-corrected chi connectivity index (χ0v) is 12.8. The molecule has 3 rings (SSSR count). The topological polar surface area (TPSA) is 15.3 Å². The number of likely N-dealkylation sites (tertiary alicyclic amines) is 1. The summed E-state index contributed by atoms with van der Waals surface area (Å²) in [5, 5.41) is 6.04. The maximum atomic E-state index is 3.87. The molecule has 2 aromatic rings. The van der Waals surface area contributed by atoms with E-state index in [0.29, 0.717) is 12.1 Å². The monoisotopic (exact) mass is 286 g/mol. The van der Waals surface area contributed by atoms with Crippen LogP contribution in [0, 0.1) is 0 Å². The van der Waals surface area contributed by atoms with Gasteiger partial charge >= 0.3 is 0 Å². The van der Waals surface area contributed by atoms with E-state index in [2.05, 4.69) is 65.1 Å². The SMILES string of the molecule is CN1CCCC(NC(c2ccccc2)c2cccs2)C1. The summed E-state index contributed by atoms with van der Waals surface area (Å²) in [6, 6.07) is 16.1. The van der Waals surface area contributed by atoms with E-state index in [4.69, 9.17) is 0 Å². The second kappa shape index (κ2) is 6.53. The average Bonchev–Trinajstić information content (AvgIpc) is 3.00. The first-order chi connectivity index (χ1) is 9.83. The second-order valence-corrected chi connectivity index (χ2v) is 6.61. The molecule has 2 atom stereocenters. The van der Waals surface area contributed by atoms with Crippen LogP contribution in [0.3, 0.4) is 0 Å². The van der Waals surface area contributed by atoms with Crippen molar-refractivity contribution in [1.82, 2.24) is 10.2 Å². The Kier molecular flexibility index (Phi) is 4.51. The van der Waals surface area contributed by atoms with Gasteiger partial charge in [-0.2, -0.15) is 0 Å². The Bertz CT molecular complexity index is 509. The van der Waals surface area contributed by atoms with Crippen LogP contribution in [0.2, 0.25) is 0 Å². The number of hydrogen-bond acceptors (Lipinski definition) is 3. The number of benzene rings is 1. The lowest BCUT2D eigenvalue weighted by atomic mass is 10.0. The fraction of sp³-hybridized carbons (Fsp3) is 0.412. The van der Waals surface area contributed by atoms with Crippen molar-refractivity contribution in [2.75, 3.05) is 20.1 Å². The van der Waals surface area contributed by atoms with Crippen LogP contribution in [0.4, 0.5) is 0 Å². The summed E-state index contributed by atoms with van der Waals surface area (Å²) in [7, 11) is 2.22. The maximum Gasteiger partial charge on any atom is 0.0673 e. The van der Waals surface area contributed by atoms with E-state index < -0.39 is 0 Å². The van der Waals surface area contributed by atoms with E-state index in [1.165, 1.54) is 29.8 Å². The van der Waals surface area contributed by atoms with Gasteiger partial charge in [0.1, 0.15) is 0 Å². The minimum atomic E-state index is 0.327. The molecule has 1 aliphatic rings. The standard InChI is InChI=1S/C17H22N2S/c1-19-11-5-9-15(13-19)18-17(16-10-6-12-20-16)14-7-3-2-4-8-14/h2-4,6-8,10,12,15,17-18H,5,9,11,13H2,1H3. The fourth-order valence-corrected chi connectivity index (χ4v) is 3.79. The van der Waals surface area contributed by atoms with Crippen molar-refractivity contribution in [2.24, 2.45) is 0 Å². The van der Waals surface area contributed by atoms with Crippen molar-refractivity contribution in [3.63, 3.8) is 0 Å². The molecule has 0 amide bonds. The third kappa shape index (κ3) is 3.29. The lowest BCUT2D eigenvalue weighted by Gasteiger charge is -2.33. The smallest absolute Gasteiger partial charge is 0.0673 e. The zero-order chi connectivity index (χ0) is 13.8. The van der Waals surface area contributed by atoms with Gasteiger partial charge in [0.15, 0.2) is 0 Å². The molecule has 1 fully saturated rings. The molecular weight excluding hydrogens is 264 g/mol. The average molecular weight is 286 g/mol. The number of nitrogens with one attached hydrogen (secondary N) is 1. The Morgan fingerprint density at radius 3 is 2.75 bits per heavy atom. The predicted octanol–water partition coefficient (Wildman–Crippen LogP) is 3.52. The highest BCUT2D eigenvalue weighted by Gasteiger charge is 2.22. The molecule has 0 bridgehead atoms. The van der Waals surface area contributed by atoms with E-state index in [1.807, 2.05) is 11.3 Å². The summed E-state index contributed by atoms with van der Waals surface area (Å²) >= 11 is 1.84. The van der Waals surface area contributed by atoms with Crippen LogP contribution in [-0.2, 0) is 0 Å². The van der Waals surface area contributed by atoms with Gasteiger partial charge in [-0.1, -0.05) is 36.4 Å². The van der Waals surface area contributed by atoms with E-state index in [9.17, 15) is 0 Å². The molecule has 20 heavy (non-hydrogen) atoms. The first-order valence-electron chi connectivity index (χ1n) is 7.36. The van der Waals surface area contributed by atoms with Gasteiger partial charge in [-0.05, 0) is 43.4 Å². The summed E-state index contributed by atoms with van der Waals surface area (Å²) in [6.45, 7) is 2.38. The second-order valence-electron chi connectivity index (χ2n) is 5.63. The van der Waals surface area contributed by atoms with Gasteiger partial charge in [-0.15, -0.1) is 11.3 Å². The zero-order valence-electron chi connectivity index (χ0n) is 12.0. The van der Waals surface area contributed by atoms with Crippen LogP contribution < -0.4 is 5.32 Å². The molecule has 1 aromatic heterocycles. The normalized spacial score (nSPS) is 21.8. The van der Waals surface area contributed by atoms with Crippen LogP contribution in [0.1, 0.15) is 29.3 Å². The van der Waals surface area contributed by atoms with Crippen molar-refractivity contribution < 1.29 is 0 Å². The molecule has 1 saturated heterocycles. The summed E-state index contributed by atoms with van der Waals surface area (Å²) in [5.74, 6) is 0. The van der Waals surface area contributed by atoms with Gasteiger partial charge in [0.2, 0.25) is 0 Å². The number of piperidine rings is 1. The quantitative estimate of drug-likeness (QED) is 0.925. The van der Waals surface area contributed by atoms with Crippen molar-refractivity contribution in [3.8, 4) is 0 Å². The summed E-state index contributed by atoms with van der Waals surface area (Å²) < 4.78 is 0. The van der Waals surface area contributed by atoms with Crippen LogP contribution in [-0.4, -0.2) is 31.1 Å². The van der Waals surface area contributed by atoms with Gasteiger partial charge in [-0.25, -0.2) is 0 Å². The van der Waals surface area contributed by atoms with Crippen LogP contribution in [0.5, 0.6) is 0 Å². The Labute approximate surface area is 125 Å². The van der Waals surface area contributed by atoms with Crippen molar-refractivity contribution in [2.45, 2.75) is 24.9 Å². The molecule has 106 valence electrons. The van der Waals surface area contributed by atoms with Gasteiger partial charge in [0.05, 0.1) is 6.04 Å². The molecular formula is C17H22N2S. The molecule has 3 heteroatoms. The molecule has 2 nitrogen and oxygen atoms in total. The maximum absolute atomic E-state index is 3.87. The molecule has 0 spiro atoms. The van der Waals surface area contributed by atoms with Crippen LogP contribution >= 0.6 is 11.3 Å². The molecule has 1 aliphatic heterocycles. The van der Waals surface area contributed by atoms with Crippen molar-refractivity contribution in [3.05, 3.63) is 58.3 Å². The minimum absolute atomic E-state index is 0.327. The van der Waals surface area contributed by atoms with Gasteiger partial charge in [0.25, 0.3) is 0 Å². The van der Waals surface area contributed by atoms with Gasteiger partial charge in [0, 0.05) is 17.5 Å². The lowest BCUT2D eigenvalue weighted by molar-refractivity contribution is 0.221. The summed E-state index contributed by atoms with van der Waals surface area (Å²) in [4.78, 5) is 3.84. The largest absolute Gasteiger partial charge is 0.305 e. The van der Waals surface area contributed by atoms with E-state index >= 15 is 0 Å². The highest BCUT2D eigenvalue weighted by Crippen LogP contribution is 2.27. The van der Waals surface area contributed by atoms with Gasteiger partial charge < -0.3 is 10.2 Å². The Hall–Kier alpha value is -1.16. The van der Waals surface area contributed by atoms with E-state index in [-0.39, 0.29) is 0 Å². The predicted molar refractivity (Wildman–Crippen MR) is 86.3 cm³/mol. The Morgan fingerprint density at radius 2 is 2.05 bits per heavy atom. The highest BCUT2D eigenvalue weighted by molar-refractivity contribution is 7.10. The third-order valence-corrected chi connectivity index (χ3v) is 4.92. The molecule has 0 radical (unpaired) electrons. The van der Waals surface area contributed by atoms with Crippen molar-refractivity contribution in [1.29, 1.82) is 0 Å². The number of nitrogens with zero attached hydrogens (tertiary/aromatic N) is 1. The highest BCUT2D eigenvalue weighted by atomic mass is 32.1. The lowest BCUT2D eigenvalue weighted by Crippen LogP contribution is -2.45. The minimum Gasteiger partial charge on any atom is -0.305 e. The summed E-state index contributed by atoms with van der Waals surface area (Å²) in [6.07, 6.45) is 2.57. The molecule has 2 heterocycles. The number of rotatable bonds is 4. The molecule has 1 aromatic carbocycles. The first-order valence-corrected chi connectivity index (χ1v) is 8.24. The molecule has 1 N–H and O–H groups in total. The number of thiophene rings is 1. The van der Waals surface area contributed by atoms with E-state index in [1.54, 1.807) is 0 Å². The van der Waals surface area contributed by atoms with Crippen LogP contribution in [0.15, 0.2) is 47.8 Å². The molecule has 0 aliphatic carbocycles. The Morgan fingerprint density at radius 1 is 1.20 bits per heavy atom. The summed E-state index contributed by atoms with van der Waals surface area (Å²) in [5.41, 5.74) is 1.36. The Balaban J connectivity index is 1.79. The number of hydrogen-bond donors (Lipinski definition) is 1. The molecule has 2 unspecified atom stereocenters. The van der Waals surface area contributed by atoms with Crippen LogP contribution in [0.25, 0.3) is 0 Å². The van der Waals surface area contributed by atoms with E-state index in [0.717, 1.165) is 6.54 Å². The molecule has 0 saturated carbocycles. The number of likely N-dealkylation sites (N-methyl/N-ethyl adjacent to an activating group) is 1. The first kappa shape index (κ1) is 13.8. The van der Waals surface area contributed by atoms with Gasteiger partial charge in [-0.3, -0.25) is 0 Å². The third-order valence-electron chi connectivity index (χ3n) is 3.99. The fourth-order valence-electron chi connectivity index (χ4n) is 2.98. The van der Waals surface area contributed by atoms with Crippen molar-refractivity contribution >= 4 is 11.3 Å².